The number of benzene rings is 2. The van der Waals surface area contributed by atoms with Crippen LogP contribution in [-0.2, 0) is 25.3 Å². The van der Waals surface area contributed by atoms with Gasteiger partial charge in [-0.15, -0.1) is 0 Å². The summed E-state index contributed by atoms with van der Waals surface area (Å²) in [4.78, 5) is 53.1. The number of ether oxygens (including phenoxy) is 1. The third-order valence-corrected chi connectivity index (χ3v) is 14.0. The molecular weight excluding hydrogens is 915 g/mol. The quantitative estimate of drug-likeness (QED) is 0.0392. The molecule has 0 bridgehead atoms. The van der Waals surface area contributed by atoms with E-state index in [0.29, 0.717) is 42.9 Å². The minimum absolute atomic E-state index is 0.0122. The van der Waals surface area contributed by atoms with Gasteiger partial charge in [-0.25, -0.2) is 19.4 Å². The Balaban J connectivity index is 0.783. The number of hydrogen-bond donors (Lipinski definition) is 6. The molecule has 7 rings (SSSR count). The number of nitrogens with zero attached hydrogens (tertiary/aromatic N) is 4. The zero-order valence-electron chi connectivity index (χ0n) is 39.0. The number of carbonyl (C=O) groups is 3. The molecule has 1 atom stereocenters. The van der Waals surface area contributed by atoms with Crippen LogP contribution in [0.5, 0.6) is 0 Å². The summed E-state index contributed by atoms with van der Waals surface area (Å²) in [6.45, 7) is 7.59. The number of hydrogen-bond acceptors (Lipinski definition) is 12. The van der Waals surface area contributed by atoms with Crippen LogP contribution in [0.25, 0.3) is 5.57 Å². The van der Waals surface area contributed by atoms with Crippen molar-refractivity contribution in [3.63, 3.8) is 0 Å². The van der Waals surface area contributed by atoms with Crippen molar-refractivity contribution < 1.29 is 46.8 Å². The SMILES string of the molecule is CC(C)(O)C[NH+]=C/C(=C\N)c1nc(Nc2ccc(SNC3CCC(CN4CCC(C(=O)N5CCC(OCC#Cc6cccc(C7CCC(=O)NC7=O)c6)CC5)CC4)CC3)cc2F)ncc1C(F)(F)F. The first kappa shape index (κ1) is 51.5. The van der Waals surface area contributed by atoms with Crippen molar-refractivity contribution >= 4 is 53.1 Å². The predicted molar refractivity (Wildman–Crippen MR) is 255 cm³/mol. The molecule has 0 radical (unpaired) electrons. The summed E-state index contributed by atoms with van der Waals surface area (Å²) < 4.78 is 66.5. The Bertz CT molecular complexity index is 2410. The zero-order chi connectivity index (χ0) is 49.1. The number of likely N-dealkylation sites (tertiary alicyclic amines) is 2. The van der Waals surface area contributed by atoms with E-state index in [1.54, 1.807) is 6.07 Å². The Morgan fingerprint density at radius 3 is 2.46 bits per heavy atom. The third kappa shape index (κ3) is 14.8. The van der Waals surface area contributed by atoms with E-state index in [1.807, 2.05) is 29.2 Å². The normalized spacial score (nSPS) is 21.5. The molecule has 3 saturated heterocycles. The van der Waals surface area contributed by atoms with Crippen molar-refractivity contribution in [3.8, 4) is 11.8 Å². The van der Waals surface area contributed by atoms with E-state index < -0.39 is 28.9 Å². The number of alkyl halides is 3. The first-order valence-corrected chi connectivity index (χ1v) is 24.5. The van der Waals surface area contributed by atoms with E-state index in [2.05, 4.69) is 47.1 Å². The molecule has 1 aromatic heterocycles. The molecule has 1 aliphatic carbocycles. The van der Waals surface area contributed by atoms with Crippen LogP contribution in [0, 0.1) is 29.5 Å². The van der Waals surface area contributed by atoms with Gasteiger partial charge < -0.3 is 30.7 Å². The average molecular weight is 977 g/mol. The van der Waals surface area contributed by atoms with Crippen molar-refractivity contribution in [2.75, 3.05) is 51.2 Å². The summed E-state index contributed by atoms with van der Waals surface area (Å²) >= 11 is 1.34. The van der Waals surface area contributed by atoms with Gasteiger partial charge in [0.25, 0.3) is 0 Å². The summed E-state index contributed by atoms with van der Waals surface area (Å²) in [5.41, 5.74) is 4.44. The molecular formula is C50H62F4N9O5S+. The lowest BCUT2D eigenvalue weighted by molar-refractivity contribution is -0.472. The number of anilines is 2. The summed E-state index contributed by atoms with van der Waals surface area (Å²) in [5.74, 6) is 5.36. The molecule has 1 saturated carbocycles. The number of aromatic nitrogens is 2. The monoisotopic (exact) mass is 976 g/mol. The van der Waals surface area contributed by atoms with Crippen molar-refractivity contribution in [1.82, 2.24) is 29.8 Å². The van der Waals surface area contributed by atoms with Gasteiger partial charge in [0.15, 0.2) is 12.8 Å². The smallest absolute Gasteiger partial charge is 0.404 e. The number of halogens is 4. The molecule has 69 heavy (non-hydrogen) atoms. The predicted octanol–water partition coefficient (Wildman–Crippen LogP) is 5.05. The fraction of sp³-hybridized carbons (Fsp3) is 0.520. The Morgan fingerprint density at radius 1 is 1.03 bits per heavy atom. The van der Waals surface area contributed by atoms with E-state index in [4.69, 9.17) is 10.5 Å². The van der Waals surface area contributed by atoms with Crippen molar-refractivity contribution in [1.29, 1.82) is 0 Å². The fourth-order valence-electron chi connectivity index (χ4n) is 9.24. The number of piperidine rings is 3. The van der Waals surface area contributed by atoms with Crippen molar-refractivity contribution in [3.05, 3.63) is 83.1 Å². The molecule has 2 aromatic carbocycles. The highest BCUT2D eigenvalue weighted by Crippen LogP contribution is 2.35. The number of carbonyl (C=O) groups excluding carboxylic acids is 3. The highest BCUT2D eigenvalue weighted by atomic mass is 32.2. The molecule has 7 N–H and O–H groups in total. The van der Waals surface area contributed by atoms with Gasteiger partial charge in [-0.3, -0.25) is 24.4 Å². The highest BCUT2D eigenvalue weighted by Gasteiger charge is 2.37. The highest BCUT2D eigenvalue weighted by molar-refractivity contribution is 7.97. The molecule has 3 aliphatic heterocycles. The Morgan fingerprint density at radius 2 is 1.78 bits per heavy atom. The van der Waals surface area contributed by atoms with Crippen LogP contribution in [0.4, 0.5) is 29.2 Å². The second-order valence-corrected chi connectivity index (χ2v) is 19.9. The fourth-order valence-corrected chi connectivity index (χ4v) is 10.1. The topological polar surface area (TPSA) is 189 Å². The second-order valence-electron chi connectivity index (χ2n) is 19.0. The van der Waals surface area contributed by atoms with Gasteiger partial charge in [0, 0.05) is 60.9 Å². The maximum atomic E-state index is 15.3. The first-order chi connectivity index (χ1) is 33.0. The Kier molecular flexibility index (Phi) is 17.5. The van der Waals surface area contributed by atoms with Gasteiger partial charge in [0.05, 0.1) is 29.0 Å². The summed E-state index contributed by atoms with van der Waals surface area (Å²) in [7, 11) is 0. The van der Waals surface area contributed by atoms with Gasteiger partial charge in [-0.2, -0.15) is 13.2 Å². The zero-order valence-corrected chi connectivity index (χ0v) is 39.9. The largest absolute Gasteiger partial charge is 0.420 e. The summed E-state index contributed by atoms with van der Waals surface area (Å²) in [5, 5.41) is 15.1. The lowest BCUT2D eigenvalue weighted by atomic mass is 9.85. The minimum Gasteiger partial charge on any atom is -0.404 e. The molecule has 19 heteroatoms. The molecule has 3 amide bonds. The third-order valence-electron chi connectivity index (χ3n) is 13.1. The van der Waals surface area contributed by atoms with Crippen LogP contribution >= 0.6 is 11.9 Å². The number of nitrogens with one attached hydrogen (secondary N) is 4. The summed E-state index contributed by atoms with van der Waals surface area (Å²) in [6, 6.07) is 12.3. The van der Waals surface area contributed by atoms with Crippen LogP contribution in [-0.4, -0.2) is 112 Å². The van der Waals surface area contributed by atoms with Crippen LogP contribution in [0.15, 0.2) is 59.8 Å². The van der Waals surface area contributed by atoms with E-state index in [1.165, 1.54) is 44.1 Å². The second kappa shape index (κ2) is 23.5. The van der Waals surface area contributed by atoms with Gasteiger partial charge in [-0.1, -0.05) is 24.0 Å². The molecule has 4 fully saturated rings. The van der Waals surface area contributed by atoms with E-state index in [9.17, 15) is 32.7 Å². The molecule has 4 heterocycles. The average Bonchev–Trinajstić information content (AvgIpc) is 3.32. The number of allylic oxidation sites excluding steroid dienone is 1. The Hall–Kier alpha value is -5.39. The summed E-state index contributed by atoms with van der Waals surface area (Å²) in [6.07, 6.45) is 6.27. The minimum atomic E-state index is -4.79. The number of rotatable bonds is 15. The van der Waals surface area contributed by atoms with E-state index >= 15 is 4.39 Å². The number of amides is 3. The maximum Gasteiger partial charge on any atom is 0.420 e. The van der Waals surface area contributed by atoms with E-state index in [-0.39, 0.29) is 72.1 Å². The van der Waals surface area contributed by atoms with E-state index in [0.717, 1.165) is 88.3 Å². The van der Waals surface area contributed by atoms with Crippen LogP contribution in [0.3, 0.4) is 0 Å². The van der Waals surface area contributed by atoms with Crippen molar-refractivity contribution in [2.45, 2.75) is 113 Å². The lowest BCUT2D eigenvalue weighted by Crippen LogP contribution is -2.74. The number of imide groups is 1. The maximum absolute atomic E-state index is 15.3. The van der Waals surface area contributed by atoms with Gasteiger partial charge >= 0.3 is 6.18 Å². The van der Waals surface area contributed by atoms with Gasteiger partial charge in [-0.05, 0) is 138 Å². The molecule has 3 aromatic rings. The van der Waals surface area contributed by atoms with Gasteiger partial charge in [0.2, 0.25) is 23.7 Å². The molecule has 14 nitrogen and oxygen atoms in total. The molecule has 0 spiro atoms. The number of nitrogens with two attached hydrogens (primary N) is 1. The number of aliphatic hydroxyl groups is 1. The van der Waals surface area contributed by atoms with Crippen LogP contribution in [0.2, 0.25) is 0 Å². The standard InChI is InChI=1S/C50H61F4N9O5S/c1-49(2,67)31-56-28-36(27-55)45-41(50(52,53)54)29-57-48(60-45)58-43-14-12-39(26-42(43)51)69-61-37-10-8-33(9-11-37)30-62-20-16-34(17-21-62)47(66)63-22-18-38(19-23-63)68-24-4-6-32-5-3-7-35(25-32)40-13-15-44(64)59-46(40)65/h3,5,7,12,14,25-29,33-34,37-38,40,61,67H,8-11,13,15-24,30-31,55H2,1-2H3,(H,57,58,60)(H,59,64,65)/p+1/b36-27+,56-28?. The molecule has 4 aliphatic rings. The Labute approximate surface area is 404 Å². The lowest BCUT2D eigenvalue weighted by Gasteiger charge is -2.39. The van der Waals surface area contributed by atoms with Crippen LogP contribution in [0.1, 0.15) is 106 Å². The first-order valence-electron chi connectivity index (χ1n) is 23.7. The van der Waals surface area contributed by atoms with Gasteiger partial charge in [0.1, 0.15) is 23.6 Å². The molecule has 370 valence electrons. The van der Waals surface area contributed by atoms with Crippen molar-refractivity contribution in [2.24, 2.45) is 17.6 Å². The van der Waals surface area contributed by atoms with Crippen LogP contribution < -0.4 is 26.1 Å². The molecule has 1 unspecified atom stereocenters.